The largest absolute Gasteiger partial charge is 0.311 e. The highest BCUT2D eigenvalue weighted by molar-refractivity contribution is 5.02. The number of nitrogens with one attached hydrogen (secondary N) is 1. The minimum absolute atomic E-state index is 0.580. The first kappa shape index (κ1) is 11.4. The summed E-state index contributed by atoms with van der Waals surface area (Å²) in [5, 5.41) is 3.84. The number of rotatable bonds is 3. The van der Waals surface area contributed by atoms with E-state index in [4.69, 9.17) is 0 Å². The SMILES string of the molecule is CCN1CCCC(NC2CC2(C)C)CC1. The lowest BCUT2D eigenvalue weighted by Gasteiger charge is -2.19. The molecule has 15 heavy (non-hydrogen) atoms. The molecule has 2 unspecified atom stereocenters. The molecule has 1 saturated heterocycles. The average molecular weight is 210 g/mol. The first-order chi connectivity index (χ1) is 7.12. The van der Waals surface area contributed by atoms with E-state index in [1.165, 1.54) is 45.3 Å². The van der Waals surface area contributed by atoms with Gasteiger partial charge in [-0.2, -0.15) is 0 Å². The van der Waals surface area contributed by atoms with Crippen molar-refractivity contribution in [3.63, 3.8) is 0 Å². The van der Waals surface area contributed by atoms with Crippen molar-refractivity contribution in [2.75, 3.05) is 19.6 Å². The Labute approximate surface area is 94.4 Å². The van der Waals surface area contributed by atoms with Gasteiger partial charge in [0.05, 0.1) is 0 Å². The molecule has 2 heteroatoms. The van der Waals surface area contributed by atoms with Crippen LogP contribution in [0.2, 0.25) is 0 Å². The molecule has 2 fully saturated rings. The van der Waals surface area contributed by atoms with Gasteiger partial charge in [-0.1, -0.05) is 20.8 Å². The zero-order chi connectivity index (χ0) is 10.9. The van der Waals surface area contributed by atoms with Crippen LogP contribution in [0.4, 0.5) is 0 Å². The molecule has 1 N–H and O–H groups in total. The molecule has 2 nitrogen and oxygen atoms in total. The molecule has 2 atom stereocenters. The number of hydrogen-bond acceptors (Lipinski definition) is 2. The molecule has 0 aromatic carbocycles. The van der Waals surface area contributed by atoms with E-state index in [1.54, 1.807) is 0 Å². The molecule has 2 rings (SSSR count). The normalized spacial score (nSPS) is 36.2. The predicted octanol–water partition coefficient (Wildman–Crippen LogP) is 2.25. The Morgan fingerprint density at radius 3 is 2.60 bits per heavy atom. The predicted molar refractivity (Wildman–Crippen MR) is 65.1 cm³/mol. The molecule has 2 aliphatic rings. The molecular formula is C13H26N2. The van der Waals surface area contributed by atoms with Crippen molar-refractivity contribution in [1.29, 1.82) is 0 Å². The summed E-state index contributed by atoms with van der Waals surface area (Å²) < 4.78 is 0. The van der Waals surface area contributed by atoms with Gasteiger partial charge in [0.15, 0.2) is 0 Å². The van der Waals surface area contributed by atoms with E-state index < -0.39 is 0 Å². The van der Waals surface area contributed by atoms with E-state index in [0.717, 1.165) is 12.1 Å². The maximum absolute atomic E-state index is 3.84. The third kappa shape index (κ3) is 2.94. The highest BCUT2D eigenvalue weighted by Gasteiger charge is 2.46. The molecule has 1 heterocycles. The zero-order valence-electron chi connectivity index (χ0n) is 10.6. The van der Waals surface area contributed by atoms with E-state index in [1.807, 2.05) is 0 Å². The van der Waals surface area contributed by atoms with Crippen molar-refractivity contribution in [2.45, 2.75) is 58.5 Å². The Balaban J connectivity index is 1.74. The van der Waals surface area contributed by atoms with Crippen LogP contribution >= 0.6 is 0 Å². The van der Waals surface area contributed by atoms with Gasteiger partial charge in [-0.15, -0.1) is 0 Å². The smallest absolute Gasteiger partial charge is 0.0127 e. The van der Waals surface area contributed by atoms with Crippen LogP contribution in [-0.2, 0) is 0 Å². The molecule has 0 radical (unpaired) electrons. The van der Waals surface area contributed by atoms with Crippen LogP contribution in [0.15, 0.2) is 0 Å². The van der Waals surface area contributed by atoms with Crippen LogP contribution < -0.4 is 5.32 Å². The summed E-state index contributed by atoms with van der Waals surface area (Å²) in [5.41, 5.74) is 0.580. The highest BCUT2D eigenvalue weighted by Crippen LogP contribution is 2.45. The average Bonchev–Trinajstić information content (AvgIpc) is 2.85. The lowest BCUT2D eigenvalue weighted by molar-refractivity contribution is 0.296. The van der Waals surface area contributed by atoms with Gasteiger partial charge in [-0.3, -0.25) is 0 Å². The summed E-state index contributed by atoms with van der Waals surface area (Å²) in [4.78, 5) is 2.58. The fourth-order valence-electron chi connectivity index (χ4n) is 2.67. The van der Waals surface area contributed by atoms with Crippen LogP contribution in [0.1, 0.15) is 46.5 Å². The molecule has 1 aliphatic heterocycles. The van der Waals surface area contributed by atoms with Gasteiger partial charge in [0, 0.05) is 12.1 Å². The maximum atomic E-state index is 3.84. The van der Waals surface area contributed by atoms with Crippen molar-refractivity contribution in [1.82, 2.24) is 10.2 Å². The van der Waals surface area contributed by atoms with E-state index in [0.29, 0.717) is 5.41 Å². The summed E-state index contributed by atoms with van der Waals surface area (Å²) in [5.74, 6) is 0. The quantitative estimate of drug-likeness (QED) is 0.768. The van der Waals surface area contributed by atoms with Crippen LogP contribution in [0.3, 0.4) is 0 Å². The Hall–Kier alpha value is -0.0800. The summed E-state index contributed by atoms with van der Waals surface area (Å²) in [6.45, 7) is 10.9. The van der Waals surface area contributed by atoms with Crippen molar-refractivity contribution in [3.8, 4) is 0 Å². The van der Waals surface area contributed by atoms with Crippen LogP contribution in [0, 0.1) is 5.41 Å². The Bertz CT molecular complexity index is 213. The Morgan fingerprint density at radius 2 is 2.00 bits per heavy atom. The van der Waals surface area contributed by atoms with E-state index in [9.17, 15) is 0 Å². The van der Waals surface area contributed by atoms with Crippen LogP contribution in [-0.4, -0.2) is 36.6 Å². The number of nitrogens with zero attached hydrogens (tertiary/aromatic N) is 1. The lowest BCUT2D eigenvalue weighted by Crippen LogP contribution is -2.34. The van der Waals surface area contributed by atoms with Gasteiger partial charge < -0.3 is 10.2 Å². The van der Waals surface area contributed by atoms with Crippen molar-refractivity contribution in [3.05, 3.63) is 0 Å². The molecule has 0 bridgehead atoms. The molecule has 1 saturated carbocycles. The fraction of sp³-hybridized carbons (Fsp3) is 1.00. The topological polar surface area (TPSA) is 15.3 Å². The summed E-state index contributed by atoms with van der Waals surface area (Å²) in [6.07, 6.45) is 5.48. The van der Waals surface area contributed by atoms with E-state index >= 15 is 0 Å². The highest BCUT2D eigenvalue weighted by atomic mass is 15.1. The minimum Gasteiger partial charge on any atom is -0.311 e. The summed E-state index contributed by atoms with van der Waals surface area (Å²) in [6, 6.07) is 1.59. The second-order valence-electron chi connectivity index (χ2n) is 5.97. The number of hydrogen-bond donors (Lipinski definition) is 1. The molecule has 0 spiro atoms. The monoisotopic (exact) mass is 210 g/mol. The zero-order valence-corrected chi connectivity index (χ0v) is 10.6. The first-order valence-electron chi connectivity index (χ1n) is 6.60. The molecule has 0 aromatic rings. The third-order valence-corrected chi connectivity index (χ3v) is 4.22. The molecule has 88 valence electrons. The second-order valence-corrected chi connectivity index (χ2v) is 5.97. The van der Waals surface area contributed by atoms with Gasteiger partial charge in [0.2, 0.25) is 0 Å². The van der Waals surface area contributed by atoms with Crippen molar-refractivity contribution in [2.24, 2.45) is 5.41 Å². The first-order valence-corrected chi connectivity index (χ1v) is 6.60. The Kier molecular flexibility index (Phi) is 3.36. The van der Waals surface area contributed by atoms with Crippen molar-refractivity contribution >= 4 is 0 Å². The molecule has 0 amide bonds. The van der Waals surface area contributed by atoms with Gasteiger partial charge in [0.1, 0.15) is 0 Å². The molecule has 0 aromatic heterocycles. The van der Waals surface area contributed by atoms with E-state index in [-0.39, 0.29) is 0 Å². The van der Waals surface area contributed by atoms with Gasteiger partial charge >= 0.3 is 0 Å². The summed E-state index contributed by atoms with van der Waals surface area (Å²) in [7, 11) is 0. The van der Waals surface area contributed by atoms with Crippen LogP contribution in [0.5, 0.6) is 0 Å². The van der Waals surface area contributed by atoms with Gasteiger partial charge in [0.25, 0.3) is 0 Å². The van der Waals surface area contributed by atoms with Gasteiger partial charge in [-0.25, -0.2) is 0 Å². The third-order valence-electron chi connectivity index (χ3n) is 4.22. The van der Waals surface area contributed by atoms with Gasteiger partial charge in [-0.05, 0) is 50.7 Å². The standard InChI is InChI=1S/C13H26N2/c1-4-15-8-5-6-11(7-9-15)14-12-10-13(12,2)3/h11-12,14H,4-10H2,1-3H3. The van der Waals surface area contributed by atoms with Crippen molar-refractivity contribution < 1.29 is 0 Å². The number of likely N-dealkylation sites (tertiary alicyclic amines) is 1. The second kappa shape index (κ2) is 4.42. The maximum Gasteiger partial charge on any atom is 0.0127 e. The minimum atomic E-state index is 0.580. The fourth-order valence-corrected chi connectivity index (χ4v) is 2.67. The summed E-state index contributed by atoms with van der Waals surface area (Å²) >= 11 is 0. The van der Waals surface area contributed by atoms with E-state index in [2.05, 4.69) is 31.0 Å². The van der Waals surface area contributed by atoms with Crippen LogP contribution in [0.25, 0.3) is 0 Å². The molecular weight excluding hydrogens is 184 g/mol. The Morgan fingerprint density at radius 1 is 1.27 bits per heavy atom. The molecule has 1 aliphatic carbocycles. The lowest BCUT2D eigenvalue weighted by atomic mass is 10.1.